The Morgan fingerprint density at radius 1 is 1.38 bits per heavy atom. The Bertz CT molecular complexity index is 131. The van der Waals surface area contributed by atoms with E-state index in [9.17, 15) is 4.79 Å². The van der Waals surface area contributed by atoms with Gasteiger partial charge in [-0.1, -0.05) is 6.92 Å². The number of hydrogen-bond acceptors (Lipinski definition) is 3. The van der Waals surface area contributed by atoms with Crippen LogP contribution in [-0.4, -0.2) is 37.6 Å². The molecule has 0 spiro atoms. The number of carbonyl (C=O) groups is 1. The first-order valence-corrected chi connectivity index (χ1v) is 6.17. The number of rotatable bonds is 8. The number of thioether (sulfide) groups is 1. The van der Waals surface area contributed by atoms with Gasteiger partial charge in [0.05, 0.1) is 6.54 Å². The maximum Gasteiger partial charge on any atom is 0.233 e. The van der Waals surface area contributed by atoms with Gasteiger partial charge in [-0.3, -0.25) is 4.79 Å². The van der Waals surface area contributed by atoms with Crippen molar-refractivity contribution in [2.75, 3.05) is 31.6 Å². The summed E-state index contributed by atoms with van der Waals surface area (Å²) in [5.74, 6) is 1.29. The van der Waals surface area contributed by atoms with E-state index in [2.05, 4.69) is 16.9 Å². The summed E-state index contributed by atoms with van der Waals surface area (Å²) in [6, 6.07) is 0. The van der Waals surface area contributed by atoms with Crippen LogP contribution in [0.3, 0.4) is 0 Å². The zero-order valence-electron chi connectivity index (χ0n) is 8.56. The van der Waals surface area contributed by atoms with Gasteiger partial charge in [0.25, 0.3) is 0 Å². The topological polar surface area (TPSA) is 41.1 Å². The summed E-state index contributed by atoms with van der Waals surface area (Å²) in [6.45, 7) is 4.09. The zero-order chi connectivity index (χ0) is 9.94. The van der Waals surface area contributed by atoms with Crippen molar-refractivity contribution < 1.29 is 4.79 Å². The number of nitrogens with one attached hydrogen (secondary N) is 2. The summed E-state index contributed by atoms with van der Waals surface area (Å²) in [6.07, 6.45) is 4.37. The van der Waals surface area contributed by atoms with Crippen molar-refractivity contribution in [3.8, 4) is 0 Å². The molecule has 13 heavy (non-hydrogen) atoms. The number of hydrogen-bond donors (Lipinski definition) is 2. The number of amides is 1. The second-order valence-electron chi connectivity index (χ2n) is 2.83. The summed E-state index contributed by atoms with van der Waals surface area (Å²) >= 11 is 1.85. The minimum atomic E-state index is 0.103. The molecule has 0 atom stereocenters. The van der Waals surface area contributed by atoms with Crippen LogP contribution in [0.4, 0.5) is 0 Å². The van der Waals surface area contributed by atoms with Gasteiger partial charge in [-0.15, -0.1) is 0 Å². The lowest BCUT2D eigenvalue weighted by atomic mass is 10.3. The first-order valence-electron chi connectivity index (χ1n) is 4.77. The third kappa shape index (κ3) is 9.70. The molecule has 2 N–H and O–H groups in total. The molecule has 0 aromatic rings. The minimum absolute atomic E-state index is 0.103. The van der Waals surface area contributed by atoms with E-state index in [1.54, 1.807) is 0 Å². The van der Waals surface area contributed by atoms with E-state index >= 15 is 0 Å². The molecule has 0 saturated heterocycles. The average molecular weight is 204 g/mol. The van der Waals surface area contributed by atoms with Crippen LogP contribution >= 0.6 is 11.8 Å². The van der Waals surface area contributed by atoms with Crippen LogP contribution in [0.15, 0.2) is 0 Å². The Kier molecular flexibility index (Phi) is 9.70. The smallest absolute Gasteiger partial charge is 0.233 e. The standard InChI is InChI=1S/C9H20N2OS/c1-3-10-8-9(12)11-6-4-5-7-13-2/h10H,3-8H2,1-2H3,(H,11,12). The number of likely N-dealkylation sites (N-methyl/N-ethyl adjacent to an activating group) is 1. The molecule has 0 aliphatic rings. The average Bonchev–Trinajstić information content (AvgIpc) is 2.14. The molecule has 78 valence electrons. The highest BCUT2D eigenvalue weighted by molar-refractivity contribution is 7.98. The molecule has 3 nitrogen and oxygen atoms in total. The monoisotopic (exact) mass is 204 g/mol. The lowest BCUT2D eigenvalue weighted by molar-refractivity contribution is -0.120. The molecule has 1 amide bonds. The van der Waals surface area contributed by atoms with Gasteiger partial charge in [0.2, 0.25) is 5.91 Å². The van der Waals surface area contributed by atoms with Gasteiger partial charge < -0.3 is 10.6 Å². The number of carbonyl (C=O) groups excluding carboxylic acids is 1. The van der Waals surface area contributed by atoms with Crippen molar-refractivity contribution in [3.05, 3.63) is 0 Å². The molecule has 0 bridgehead atoms. The van der Waals surface area contributed by atoms with Crippen LogP contribution < -0.4 is 10.6 Å². The molecular weight excluding hydrogens is 184 g/mol. The van der Waals surface area contributed by atoms with Crippen LogP contribution in [0, 0.1) is 0 Å². The van der Waals surface area contributed by atoms with E-state index in [0.717, 1.165) is 19.5 Å². The summed E-state index contributed by atoms with van der Waals surface area (Å²) in [5.41, 5.74) is 0. The predicted octanol–water partition coefficient (Wildman–Crippen LogP) is 0.855. The third-order valence-electron chi connectivity index (χ3n) is 1.63. The van der Waals surface area contributed by atoms with Crippen molar-refractivity contribution in [2.24, 2.45) is 0 Å². The Morgan fingerprint density at radius 2 is 2.15 bits per heavy atom. The van der Waals surface area contributed by atoms with Crippen LogP contribution in [0.5, 0.6) is 0 Å². The van der Waals surface area contributed by atoms with Gasteiger partial charge in [-0.2, -0.15) is 11.8 Å². The zero-order valence-corrected chi connectivity index (χ0v) is 9.38. The normalized spacial score (nSPS) is 10.0. The van der Waals surface area contributed by atoms with Crippen LogP contribution in [0.2, 0.25) is 0 Å². The molecule has 0 radical (unpaired) electrons. The largest absolute Gasteiger partial charge is 0.355 e. The van der Waals surface area contributed by atoms with Crippen molar-refractivity contribution in [3.63, 3.8) is 0 Å². The highest BCUT2D eigenvalue weighted by Gasteiger charge is 1.97. The molecule has 0 saturated carbocycles. The number of unbranched alkanes of at least 4 members (excludes halogenated alkanes) is 1. The Morgan fingerprint density at radius 3 is 2.77 bits per heavy atom. The van der Waals surface area contributed by atoms with Gasteiger partial charge in [-0.25, -0.2) is 0 Å². The second-order valence-corrected chi connectivity index (χ2v) is 3.82. The first-order chi connectivity index (χ1) is 6.31. The second kappa shape index (κ2) is 9.86. The fraction of sp³-hybridized carbons (Fsp3) is 0.889. The van der Waals surface area contributed by atoms with E-state index in [0.29, 0.717) is 6.54 Å². The molecule has 0 fully saturated rings. The maximum atomic E-state index is 11.1. The minimum Gasteiger partial charge on any atom is -0.355 e. The summed E-state index contributed by atoms with van der Waals surface area (Å²) < 4.78 is 0. The SMILES string of the molecule is CCNCC(=O)NCCCCSC. The van der Waals surface area contributed by atoms with E-state index in [-0.39, 0.29) is 5.91 Å². The lowest BCUT2D eigenvalue weighted by Crippen LogP contribution is -2.34. The van der Waals surface area contributed by atoms with E-state index < -0.39 is 0 Å². The van der Waals surface area contributed by atoms with E-state index in [1.165, 1.54) is 12.2 Å². The van der Waals surface area contributed by atoms with Crippen molar-refractivity contribution >= 4 is 17.7 Å². The summed E-state index contributed by atoms with van der Waals surface area (Å²) in [7, 11) is 0. The Labute approximate surface area is 85.0 Å². The fourth-order valence-electron chi connectivity index (χ4n) is 0.900. The van der Waals surface area contributed by atoms with Gasteiger partial charge in [0, 0.05) is 6.54 Å². The molecular formula is C9H20N2OS. The molecule has 0 aliphatic heterocycles. The Balaban J connectivity index is 3.08. The molecule has 0 unspecified atom stereocenters. The molecule has 0 aliphatic carbocycles. The highest BCUT2D eigenvalue weighted by atomic mass is 32.2. The van der Waals surface area contributed by atoms with Crippen LogP contribution in [0.25, 0.3) is 0 Å². The van der Waals surface area contributed by atoms with Crippen molar-refractivity contribution in [1.29, 1.82) is 0 Å². The third-order valence-corrected chi connectivity index (χ3v) is 2.33. The molecule has 0 rings (SSSR count). The molecule has 0 aromatic heterocycles. The molecule has 0 aromatic carbocycles. The van der Waals surface area contributed by atoms with Crippen LogP contribution in [-0.2, 0) is 4.79 Å². The van der Waals surface area contributed by atoms with Gasteiger partial charge >= 0.3 is 0 Å². The van der Waals surface area contributed by atoms with Gasteiger partial charge in [-0.05, 0) is 31.4 Å². The van der Waals surface area contributed by atoms with E-state index in [1.807, 2.05) is 18.7 Å². The van der Waals surface area contributed by atoms with Crippen LogP contribution in [0.1, 0.15) is 19.8 Å². The predicted molar refractivity (Wildman–Crippen MR) is 59.2 cm³/mol. The lowest BCUT2D eigenvalue weighted by Gasteiger charge is -2.04. The first kappa shape index (κ1) is 12.8. The molecule has 0 heterocycles. The summed E-state index contributed by atoms with van der Waals surface area (Å²) in [4.78, 5) is 11.1. The highest BCUT2D eigenvalue weighted by Crippen LogP contribution is 1.97. The molecule has 4 heteroatoms. The van der Waals surface area contributed by atoms with Gasteiger partial charge in [0.1, 0.15) is 0 Å². The quantitative estimate of drug-likeness (QED) is 0.576. The fourth-order valence-corrected chi connectivity index (χ4v) is 1.39. The van der Waals surface area contributed by atoms with Crippen molar-refractivity contribution in [1.82, 2.24) is 10.6 Å². The van der Waals surface area contributed by atoms with Gasteiger partial charge in [0.15, 0.2) is 0 Å². The van der Waals surface area contributed by atoms with E-state index in [4.69, 9.17) is 0 Å². The Hall–Kier alpha value is -0.220. The van der Waals surface area contributed by atoms with Crippen molar-refractivity contribution in [2.45, 2.75) is 19.8 Å². The maximum absolute atomic E-state index is 11.1. The summed E-state index contributed by atoms with van der Waals surface area (Å²) in [5, 5.41) is 5.85.